The molecule has 0 saturated carbocycles. The van der Waals surface area contributed by atoms with Crippen LogP contribution in [0.2, 0.25) is 0 Å². The van der Waals surface area contributed by atoms with Crippen molar-refractivity contribution in [3.8, 4) is 17.2 Å². The molecule has 5 nitrogen and oxygen atoms in total. The fraction of sp³-hybridized carbons (Fsp3) is 0.208. The predicted molar refractivity (Wildman–Crippen MR) is 114 cm³/mol. The number of halogens is 3. The quantitative estimate of drug-likeness (QED) is 0.467. The summed E-state index contributed by atoms with van der Waals surface area (Å²) >= 11 is 0. The van der Waals surface area contributed by atoms with Gasteiger partial charge in [-0.05, 0) is 79.1 Å². The zero-order valence-electron chi connectivity index (χ0n) is 17.7. The third kappa shape index (κ3) is 4.34. The van der Waals surface area contributed by atoms with E-state index < -0.39 is 23.2 Å². The van der Waals surface area contributed by atoms with Gasteiger partial charge in [0.25, 0.3) is 5.54 Å². The van der Waals surface area contributed by atoms with Crippen LogP contribution >= 0.6 is 0 Å². The summed E-state index contributed by atoms with van der Waals surface area (Å²) in [6.45, 7) is 2.92. The Kier molecular flexibility index (Phi) is 6.34. The molecule has 2 N–H and O–H groups in total. The number of nitrogens with one attached hydrogen (secondary N) is 1. The van der Waals surface area contributed by atoms with Crippen LogP contribution in [0.5, 0.6) is 17.2 Å². The second-order valence-corrected chi connectivity index (χ2v) is 7.26. The van der Waals surface area contributed by atoms with E-state index >= 15 is 0 Å². The lowest BCUT2D eigenvalue weighted by Crippen LogP contribution is -2.55. The van der Waals surface area contributed by atoms with E-state index in [2.05, 4.69) is 10.1 Å². The van der Waals surface area contributed by atoms with E-state index in [9.17, 15) is 23.1 Å². The molecule has 0 saturated heterocycles. The van der Waals surface area contributed by atoms with Crippen molar-refractivity contribution in [1.29, 1.82) is 0 Å². The van der Waals surface area contributed by atoms with Gasteiger partial charge in [0.15, 0.2) is 0 Å². The van der Waals surface area contributed by atoms with Crippen LogP contribution in [0.25, 0.3) is 0 Å². The number of hydrogen-bond donors (Lipinski definition) is 2. The van der Waals surface area contributed by atoms with Gasteiger partial charge in [0.1, 0.15) is 17.2 Å². The Morgan fingerprint density at radius 3 is 1.94 bits per heavy atom. The highest BCUT2D eigenvalue weighted by Gasteiger charge is 2.63. The van der Waals surface area contributed by atoms with Crippen molar-refractivity contribution < 1.29 is 32.5 Å². The number of carbonyl (C=O) groups excluding carboxylic acids is 1. The van der Waals surface area contributed by atoms with Gasteiger partial charge in [-0.1, -0.05) is 18.2 Å². The largest absolute Gasteiger partial charge is 0.507 e. The Morgan fingerprint density at radius 2 is 1.44 bits per heavy atom. The summed E-state index contributed by atoms with van der Waals surface area (Å²) in [6.07, 6.45) is -5.06. The van der Waals surface area contributed by atoms with Crippen molar-refractivity contribution in [2.45, 2.75) is 25.6 Å². The second kappa shape index (κ2) is 8.82. The first-order valence-corrected chi connectivity index (χ1v) is 9.65. The van der Waals surface area contributed by atoms with Crippen molar-refractivity contribution >= 4 is 11.7 Å². The predicted octanol–water partition coefficient (Wildman–Crippen LogP) is 5.84. The van der Waals surface area contributed by atoms with Gasteiger partial charge in [-0.3, -0.25) is 0 Å². The molecule has 0 heterocycles. The maximum absolute atomic E-state index is 14.5. The number of benzene rings is 3. The molecule has 0 aliphatic rings. The Balaban J connectivity index is 2.04. The average Bonchev–Trinajstić information content (AvgIpc) is 2.76. The van der Waals surface area contributed by atoms with Crippen LogP contribution in [0.15, 0.2) is 66.7 Å². The lowest BCUT2D eigenvalue weighted by molar-refractivity contribution is -0.201. The lowest BCUT2D eigenvalue weighted by Gasteiger charge is -2.35. The smallest absolute Gasteiger partial charge is 0.426 e. The van der Waals surface area contributed by atoms with Crippen LogP contribution in [0.4, 0.5) is 18.9 Å². The number of hydrogen-bond acceptors (Lipinski definition) is 5. The topological polar surface area (TPSA) is 67.8 Å². The summed E-state index contributed by atoms with van der Waals surface area (Å²) < 4.78 is 53.6. The molecule has 32 heavy (non-hydrogen) atoms. The second-order valence-electron chi connectivity index (χ2n) is 7.26. The monoisotopic (exact) mass is 445 g/mol. The fourth-order valence-corrected chi connectivity index (χ4v) is 3.36. The van der Waals surface area contributed by atoms with Gasteiger partial charge in [-0.25, -0.2) is 4.79 Å². The molecule has 1 atom stereocenters. The van der Waals surface area contributed by atoms with Gasteiger partial charge in [-0.15, -0.1) is 0 Å². The Bertz CT molecular complexity index is 1080. The summed E-state index contributed by atoms with van der Waals surface area (Å²) in [5, 5.41) is 12.3. The summed E-state index contributed by atoms with van der Waals surface area (Å²) in [5.41, 5.74) is -3.16. The molecule has 0 aliphatic carbocycles. The van der Waals surface area contributed by atoms with Crippen LogP contribution in [-0.4, -0.2) is 24.4 Å². The van der Waals surface area contributed by atoms with Gasteiger partial charge in [0.05, 0.1) is 7.11 Å². The number of carbonyl (C=O) groups is 1. The zero-order chi connectivity index (χ0) is 23.5. The van der Waals surface area contributed by atoms with Crippen molar-refractivity contribution in [2.24, 2.45) is 0 Å². The highest BCUT2D eigenvalue weighted by molar-refractivity contribution is 5.88. The van der Waals surface area contributed by atoms with E-state index in [1.54, 1.807) is 24.3 Å². The average molecular weight is 445 g/mol. The molecule has 8 heteroatoms. The van der Waals surface area contributed by atoms with Crippen LogP contribution in [0.3, 0.4) is 0 Å². The van der Waals surface area contributed by atoms with Crippen LogP contribution in [0, 0.1) is 13.8 Å². The molecule has 3 rings (SSSR count). The molecule has 0 bridgehead atoms. The summed E-state index contributed by atoms with van der Waals surface area (Å²) in [5.74, 6) is -0.688. The lowest BCUT2D eigenvalue weighted by atomic mass is 9.86. The number of aromatic hydroxyl groups is 1. The molecule has 0 aliphatic heterocycles. The van der Waals surface area contributed by atoms with Gasteiger partial charge < -0.3 is 19.9 Å². The standard InChI is InChI=1S/C24H22F3NO4/c1-15-13-17(14-16(2)21(15)29)23(22(30)31-3,24(25,26)27)28-18-9-11-20(12-10-18)32-19-7-5-4-6-8-19/h4-14,28-29H,1-3H3/t23-/m0/s1. The first-order valence-electron chi connectivity index (χ1n) is 9.65. The van der Waals surface area contributed by atoms with E-state index in [1.165, 1.54) is 38.1 Å². The van der Waals surface area contributed by atoms with Crippen molar-refractivity contribution in [2.75, 3.05) is 12.4 Å². The number of aryl methyl sites for hydroxylation is 2. The maximum atomic E-state index is 14.5. The molecule has 168 valence electrons. The van der Waals surface area contributed by atoms with Gasteiger partial charge in [0.2, 0.25) is 0 Å². The van der Waals surface area contributed by atoms with Crippen molar-refractivity contribution in [3.05, 3.63) is 83.4 Å². The SMILES string of the molecule is COC(=O)[C@@](Nc1ccc(Oc2ccccc2)cc1)(c1cc(C)c(O)c(C)c1)C(F)(F)F. The zero-order valence-corrected chi connectivity index (χ0v) is 17.7. The minimum absolute atomic E-state index is 0.0246. The first kappa shape index (κ1) is 23.0. The summed E-state index contributed by atoms with van der Waals surface area (Å²) in [4.78, 5) is 12.6. The molecule has 0 aromatic heterocycles. The summed E-state index contributed by atoms with van der Waals surface area (Å²) in [7, 11) is 0.890. The van der Waals surface area contributed by atoms with E-state index in [0.717, 1.165) is 19.2 Å². The van der Waals surface area contributed by atoms with Gasteiger partial charge in [-0.2, -0.15) is 13.2 Å². The summed E-state index contributed by atoms with van der Waals surface area (Å²) in [6, 6.07) is 16.9. The van der Waals surface area contributed by atoms with Gasteiger partial charge in [0, 0.05) is 5.69 Å². The van der Waals surface area contributed by atoms with Crippen molar-refractivity contribution in [3.63, 3.8) is 0 Å². The van der Waals surface area contributed by atoms with E-state index in [1.807, 2.05) is 6.07 Å². The minimum atomic E-state index is -5.06. The molecule has 0 radical (unpaired) electrons. The highest BCUT2D eigenvalue weighted by atomic mass is 19.4. The number of para-hydroxylation sites is 1. The third-order valence-corrected chi connectivity index (χ3v) is 5.01. The first-order chi connectivity index (χ1) is 15.1. The molecular weight excluding hydrogens is 423 g/mol. The van der Waals surface area contributed by atoms with Crippen LogP contribution < -0.4 is 10.1 Å². The van der Waals surface area contributed by atoms with E-state index in [4.69, 9.17) is 4.74 Å². The number of ether oxygens (including phenoxy) is 2. The normalized spacial score (nSPS) is 13.2. The number of phenols is 1. The van der Waals surface area contributed by atoms with E-state index in [0.29, 0.717) is 11.5 Å². The number of phenolic OH excluding ortho intramolecular Hbond substituents is 1. The Labute approximate surface area is 183 Å². The Morgan fingerprint density at radius 1 is 0.906 bits per heavy atom. The van der Waals surface area contributed by atoms with Crippen LogP contribution in [0.1, 0.15) is 16.7 Å². The number of esters is 1. The molecule has 3 aromatic rings. The molecule has 0 unspecified atom stereocenters. The Hall–Kier alpha value is -3.68. The third-order valence-electron chi connectivity index (χ3n) is 5.01. The molecular formula is C24H22F3NO4. The number of alkyl halides is 3. The molecule has 3 aromatic carbocycles. The molecule has 0 fully saturated rings. The van der Waals surface area contributed by atoms with Gasteiger partial charge >= 0.3 is 12.1 Å². The van der Waals surface area contributed by atoms with Crippen molar-refractivity contribution in [1.82, 2.24) is 0 Å². The highest BCUT2D eigenvalue weighted by Crippen LogP contribution is 2.44. The molecule has 0 amide bonds. The number of rotatable bonds is 6. The number of anilines is 1. The minimum Gasteiger partial charge on any atom is -0.507 e. The molecule has 0 spiro atoms. The van der Waals surface area contributed by atoms with E-state index in [-0.39, 0.29) is 22.6 Å². The fourth-order valence-electron chi connectivity index (χ4n) is 3.36. The maximum Gasteiger partial charge on any atom is 0.426 e. The number of methoxy groups -OCH3 is 1. The van der Waals surface area contributed by atoms with Crippen LogP contribution in [-0.2, 0) is 15.1 Å².